The van der Waals surface area contributed by atoms with E-state index in [0.29, 0.717) is 36.5 Å². The first kappa shape index (κ1) is 17.2. The second kappa shape index (κ2) is 7.10. The number of ether oxygens (including phenoxy) is 1. The van der Waals surface area contributed by atoms with Crippen molar-refractivity contribution >= 4 is 23.3 Å². The summed E-state index contributed by atoms with van der Waals surface area (Å²) in [4.78, 5) is 29.6. The number of nitrogens with two attached hydrogens (primary N) is 1. The van der Waals surface area contributed by atoms with Crippen molar-refractivity contribution in [1.82, 2.24) is 14.3 Å². The van der Waals surface area contributed by atoms with Crippen LogP contribution in [0.1, 0.15) is 24.2 Å². The predicted molar refractivity (Wildman–Crippen MR) is 91.0 cm³/mol. The summed E-state index contributed by atoms with van der Waals surface area (Å²) >= 11 is 0. The number of likely N-dealkylation sites (tertiary alicyclic amines) is 1. The molecule has 0 aliphatic carbocycles. The molecule has 1 saturated heterocycles. The summed E-state index contributed by atoms with van der Waals surface area (Å²) < 4.78 is 6.64. The molecule has 3 rings (SSSR count). The van der Waals surface area contributed by atoms with E-state index in [2.05, 4.69) is 9.88 Å². The Morgan fingerprint density at radius 3 is 2.96 bits per heavy atom. The van der Waals surface area contributed by atoms with Gasteiger partial charge in [0.25, 0.3) is 0 Å². The van der Waals surface area contributed by atoms with E-state index in [1.54, 1.807) is 18.3 Å². The Balaban J connectivity index is 1.92. The number of carboxylic acids is 1. The molecule has 1 fully saturated rings. The van der Waals surface area contributed by atoms with Crippen molar-refractivity contribution in [3.8, 4) is 0 Å². The van der Waals surface area contributed by atoms with Crippen LogP contribution >= 0.6 is 0 Å². The molecule has 0 bridgehead atoms. The first-order chi connectivity index (χ1) is 12.0. The smallest absolute Gasteiger partial charge is 0.311 e. The number of pyridine rings is 1. The fourth-order valence-corrected chi connectivity index (χ4v) is 3.29. The standard InChI is InChI=1S/C17H22N4O4/c1-25-16(22)7-13-14(21-9-12(18)4-5-15(21)19-13)10-20-6-2-3-11(8-20)17(23)24/h4-5,9,11H,2-3,6-8,10,18H2,1H3,(H,23,24). The number of hydrogen-bond acceptors (Lipinski definition) is 6. The van der Waals surface area contributed by atoms with Crippen molar-refractivity contribution < 1.29 is 19.4 Å². The van der Waals surface area contributed by atoms with Gasteiger partial charge in [0.15, 0.2) is 0 Å². The number of rotatable bonds is 5. The highest BCUT2D eigenvalue weighted by atomic mass is 16.5. The molecule has 2 aromatic rings. The molecule has 3 N–H and O–H groups in total. The highest BCUT2D eigenvalue weighted by Crippen LogP contribution is 2.22. The molecule has 1 unspecified atom stereocenters. The van der Waals surface area contributed by atoms with Crippen LogP contribution in [0.5, 0.6) is 0 Å². The van der Waals surface area contributed by atoms with Crippen LogP contribution in [0.15, 0.2) is 18.3 Å². The molecule has 2 aromatic heterocycles. The minimum Gasteiger partial charge on any atom is -0.481 e. The van der Waals surface area contributed by atoms with Crippen molar-refractivity contribution in [3.63, 3.8) is 0 Å². The molecule has 0 radical (unpaired) electrons. The fourth-order valence-electron chi connectivity index (χ4n) is 3.29. The lowest BCUT2D eigenvalue weighted by Gasteiger charge is -2.30. The molecule has 0 saturated carbocycles. The first-order valence-corrected chi connectivity index (χ1v) is 8.25. The van der Waals surface area contributed by atoms with Gasteiger partial charge in [-0.2, -0.15) is 0 Å². The van der Waals surface area contributed by atoms with Crippen LogP contribution in [0.2, 0.25) is 0 Å². The molecule has 0 amide bonds. The van der Waals surface area contributed by atoms with E-state index < -0.39 is 5.97 Å². The Morgan fingerprint density at radius 1 is 1.44 bits per heavy atom. The minimum atomic E-state index is -0.762. The van der Waals surface area contributed by atoms with Gasteiger partial charge in [-0.1, -0.05) is 0 Å². The molecule has 0 aromatic carbocycles. The van der Waals surface area contributed by atoms with Gasteiger partial charge in [-0.05, 0) is 31.5 Å². The van der Waals surface area contributed by atoms with Gasteiger partial charge < -0.3 is 20.0 Å². The topological polar surface area (TPSA) is 110 Å². The second-order valence-electron chi connectivity index (χ2n) is 6.36. The van der Waals surface area contributed by atoms with Crippen LogP contribution in [0, 0.1) is 5.92 Å². The van der Waals surface area contributed by atoms with Crippen molar-refractivity contribution in [2.24, 2.45) is 5.92 Å². The Morgan fingerprint density at radius 2 is 2.24 bits per heavy atom. The third-order valence-electron chi connectivity index (χ3n) is 4.59. The zero-order valence-electron chi connectivity index (χ0n) is 14.1. The molecular weight excluding hydrogens is 324 g/mol. The summed E-state index contributed by atoms with van der Waals surface area (Å²) in [7, 11) is 1.35. The van der Waals surface area contributed by atoms with E-state index in [1.807, 2.05) is 4.40 Å². The van der Waals surface area contributed by atoms with E-state index in [-0.39, 0.29) is 18.3 Å². The van der Waals surface area contributed by atoms with Crippen LogP contribution < -0.4 is 5.73 Å². The molecule has 1 atom stereocenters. The Hall–Kier alpha value is -2.61. The van der Waals surface area contributed by atoms with Gasteiger partial charge in [0.1, 0.15) is 5.65 Å². The van der Waals surface area contributed by atoms with Crippen LogP contribution in [0.3, 0.4) is 0 Å². The summed E-state index contributed by atoms with van der Waals surface area (Å²) in [5, 5.41) is 9.27. The molecule has 25 heavy (non-hydrogen) atoms. The summed E-state index contributed by atoms with van der Waals surface area (Å²) in [6.45, 7) is 1.82. The number of carbonyl (C=O) groups excluding carboxylic acids is 1. The lowest BCUT2D eigenvalue weighted by molar-refractivity contribution is -0.143. The van der Waals surface area contributed by atoms with Crippen LogP contribution in [-0.4, -0.2) is 51.5 Å². The van der Waals surface area contributed by atoms with Crippen molar-refractivity contribution in [2.45, 2.75) is 25.8 Å². The maximum atomic E-state index is 11.7. The Labute approximate surface area is 145 Å². The number of anilines is 1. The van der Waals surface area contributed by atoms with E-state index in [4.69, 9.17) is 10.5 Å². The van der Waals surface area contributed by atoms with Crippen LogP contribution in [0.4, 0.5) is 5.69 Å². The molecule has 8 nitrogen and oxygen atoms in total. The lowest BCUT2D eigenvalue weighted by atomic mass is 9.98. The zero-order valence-corrected chi connectivity index (χ0v) is 14.1. The highest BCUT2D eigenvalue weighted by molar-refractivity contribution is 5.73. The average Bonchev–Trinajstić information content (AvgIpc) is 2.91. The summed E-state index contributed by atoms with van der Waals surface area (Å²) in [5.41, 5.74) is 8.67. The number of hydrogen-bond donors (Lipinski definition) is 2. The van der Waals surface area contributed by atoms with E-state index in [0.717, 1.165) is 18.7 Å². The summed E-state index contributed by atoms with van der Waals surface area (Å²) in [6, 6.07) is 3.56. The number of aliphatic carboxylic acids is 1. The quantitative estimate of drug-likeness (QED) is 0.775. The third kappa shape index (κ3) is 3.74. The number of nitrogen functional groups attached to an aromatic ring is 1. The third-order valence-corrected chi connectivity index (χ3v) is 4.59. The van der Waals surface area contributed by atoms with Crippen molar-refractivity contribution in [3.05, 3.63) is 29.7 Å². The van der Waals surface area contributed by atoms with Gasteiger partial charge in [0, 0.05) is 25.0 Å². The van der Waals surface area contributed by atoms with Crippen LogP contribution in [-0.2, 0) is 27.3 Å². The second-order valence-corrected chi connectivity index (χ2v) is 6.36. The molecule has 134 valence electrons. The molecule has 1 aliphatic heterocycles. The number of methoxy groups -OCH3 is 1. The number of carbonyl (C=O) groups is 2. The van der Waals surface area contributed by atoms with Gasteiger partial charge in [0.05, 0.1) is 30.8 Å². The lowest BCUT2D eigenvalue weighted by Crippen LogP contribution is -2.38. The fraction of sp³-hybridized carbons (Fsp3) is 0.471. The Kier molecular flexibility index (Phi) is 4.89. The minimum absolute atomic E-state index is 0.0730. The highest BCUT2D eigenvalue weighted by Gasteiger charge is 2.27. The molecule has 3 heterocycles. The van der Waals surface area contributed by atoms with Gasteiger partial charge in [-0.15, -0.1) is 0 Å². The molecule has 8 heteroatoms. The maximum absolute atomic E-state index is 11.7. The monoisotopic (exact) mass is 346 g/mol. The average molecular weight is 346 g/mol. The van der Waals surface area contributed by atoms with E-state index in [9.17, 15) is 14.7 Å². The normalized spacial score (nSPS) is 18.4. The van der Waals surface area contributed by atoms with Gasteiger partial charge in [0.2, 0.25) is 0 Å². The van der Waals surface area contributed by atoms with Crippen molar-refractivity contribution in [1.29, 1.82) is 0 Å². The van der Waals surface area contributed by atoms with Gasteiger partial charge in [-0.3, -0.25) is 14.5 Å². The maximum Gasteiger partial charge on any atom is 0.311 e. The number of fused-ring (bicyclic) bond motifs is 1. The summed E-state index contributed by atoms with van der Waals surface area (Å²) in [5.74, 6) is -1.48. The number of esters is 1. The van der Waals surface area contributed by atoms with E-state index in [1.165, 1.54) is 7.11 Å². The van der Waals surface area contributed by atoms with Gasteiger partial charge in [-0.25, -0.2) is 4.98 Å². The summed E-state index contributed by atoms with van der Waals surface area (Å²) in [6.07, 6.45) is 3.38. The largest absolute Gasteiger partial charge is 0.481 e. The zero-order chi connectivity index (χ0) is 18.0. The Bertz CT molecular complexity index is 801. The number of piperidine rings is 1. The molecule has 0 spiro atoms. The number of imidazole rings is 1. The van der Waals surface area contributed by atoms with E-state index >= 15 is 0 Å². The van der Waals surface area contributed by atoms with Gasteiger partial charge >= 0.3 is 11.9 Å². The SMILES string of the molecule is COC(=O)Cc1nc2ccc(N)cn2c1CN1CCCC(C(=O)O)C1. The first-order valence-electron chi connectivity index (χ1n) is 8.25. The number of nitrogens with zero attached hydrogens (tertiary/aromatic N) is 3. The van der Waals surface area contributed by atoms with Crippen LogP contribution in [0.25, 0.3) is 5.65 Å². The number of carboxylic acid groups (broad SMARTS) is 1. The molecular formula is C17H22N4O4. The number of aromatic nitrogens is 2. The predicted octanol–water partition coefficient (Wildman–Crippen LogP) is 0.929. The molecule has 1 aliphatic rings. The van der Waals surface area contributed by atoms with Crippen molar-refractivity contribution in [2.75, 3.05) is 25.9 Å².